The van der Waals surface area contributed by atoms with E-state index in [0.29, 0.717) is 5.92 Å². The summed E-state index contributed by atoms with van der Waals surface area (Å²) in [7, 11) is 2.21. The van der Waals surface area contributed by atoms with Crippen LogP contribution in [0.5, 0.6) is 0 Å². The predicted molar refractivity (Wildman–Crippen MR) is 90.4 cm³/mol. The summed E-state index contributed by atoms with van der Waals surface area (Å²) in [5.41, 5.74) is 2.89. The first-order valence-electron chi connectivity index (χ1n) is 6.87. The van der Waals surface area contributed by atoms with Crippen LogP contribution in [0.1, 0.15) is 17.0 Å². The SMILES string of the molecule is CN(Cc1cccc(Br)c1)CC1CSc2ccccc21. The van der Waals surface area contributed by atoms with Gasteiger partial charge in [-0.15, -0.1) is 11.8 Å². The molecule has 0 fully saturated rings. The van der Waals surface area contributed by atoms with Crippen molar-refractivity contribution >= 4 is 27.7 Å². The van der Waals surface area contributed by atoms with E-state index in [-0.39, 0.29) is 0 Å². The second-order valence-corrected chi connectivity index (χ2v) is 7.35. The molecule has 0 amide bonds. The zero-order valence-corrected chi connectivity index (χ0v) is 14.0. The van der Waals surface area contributed by atoms with Crippen molar-refractivity contribution in [2.75, 3.05) is 19.3 Å². The highest BCUT2D eigenvalue weighted by Crippen LogP contribution is 2.39. The summed E-state index contributed by atoms with van der Waals surface area (Å²) < 4.78 is 1.16. The lowest BCUT2D eigenvalue weighted by Gasteiger charge is -2.21. The molecule has 0 saturated heterocycles. The Morgan fingerprint density at radius 3 is 2.90 bits per heavy atom. The van der Waals surface area contributed by atoms with Crippen molar-refractivity contribution in [2.24, 2.45) is 0 Å². The molecule has 20 heavy (non-hydrogen) atoms. The predicted octanol–water partition coefficient (Wildman–Crippen LogP) is 4.77. The third-order valence-corrected chi connectivity index (χ3v) is 5.42. The number of halogens is 1. The van der Waals surface area contributed by atoms with Crippen LogP contribution in [-0.4, -0.2) is 24.2 Å². The van der Waals surface area contributed by atoms with E-state index < -0.39 is 0 Å². The maximum atomic E-state index is 3.54. The van der Waals surface area contributed by atoms with Crippen molar-refractivity contribution in [3.05, 3.63) is 64.1 Å². The average Bonchev–Trinajstić information content (AvgIpc) is 2.82. The third kappa shape index (κ3) is 3.27. The summed E-state index contributed by atoms with van der Waals surface area (Å²) in [5.74, 6) is 1.87. The molecule has 0 aromatic heterocycles. The lowest BCUT2D eigenvalue weighted by atomic mass is 10.0. The van der Waals surface area contributed by atoms with Crippen molar-refractivity contribution < 1.29 is 0 Å². The molecule has 0 radical (unpaired) electrons. The van der Waals surface area contributed by atoms with E-state index in [1.165, 1.54) is 21.8 Å². The zero-order valence-electron chi connectivity index (χ0n) is 11.6. The van der Waals surface area contributed by atoms with Crippen molar-refractivity contribution in [3.63, 3.8) is 0 Å². The van der Waals surface area contributed by atoms with Gasteiger partial charge in [0.2, 0.25) is 0 Å². The molecule has 1 nitrogen and oxygen atoms in total. The molecule has 2 aromatic rings. The van der Waals surface area contributed by atoms with E-state index >= 15 is 0 Å². The van der Waals surface area contributed by atoms with Crippen molar-refractivity contribution in [1.29, 1.82) is 0 Å². The summed E-state index contributed by atoms with van der Waals surface area (Å²) in [6.45, 7) is 2.12. The Morgan fingerprint density at radius 1 is 1.20 bits per heavy atom. The lowest BCUT2D eigenvalue weighted by molar-refractivity contribution is 0.311. The number of hydrogen-bond acceptors (Lipinski definition) is 2. The van der Waals surface area contributed by atoms with E-state index in [2.05, 4.69) is 76.4 Å². The Hall–Kier alpha value is -0.770. The Labute approximate surface area is 133 Å². The normalized spacial score (nSPS) is 17.4. The van der Waals surface area contributed by atoms with Gasteiger partial charge in [-0.05, 0) is 36.4 Å². The molecular weight excluding hydrogens is 330 g/mol. The summed E-state index contributed by atoms with van der Waals surface area (Å²) in [6, 6.07) is 17.4. The lowest BCUT2D eigenvalue weighted by Crippen LogP contribution is -2.24. The minimum atomic E-state index is 0.661. The van der Waals surface area contributed by atoms with Crippen LogP contribution in [0.25, 0.3) is 0 Å². The second kappa shape index (κ2) is 6.33. The topological polar surface area (TPSA) is 3.24 Å². The van der Waals surface area contributed by atoms with Crippen molar-refractivity contribution in [2.45, 2.75) is 17.4 Å². The fourth-order valence-electron chi connectivity index (χ4n) is 2.77. The van der Waals surface area contributed by atoms with Gasteiger partial charge >= 0.3 is 0 Å². The van der Waals surface area contributed by atoms with Gasteiger partial charge in [0.1, 0.15) is 0 Å². The number of hydrogen-bond donors (Lipinski definition) is 0. The van der Waals surface area contributed by atoms with Crippen LogP contribution < -0.4 is 0 Å². The standard InChI is InChI=1S/C17H18BrNS/c1-19(10-13-5-4-6-15(18)9-13)11-14-12-20-17-8-3-2-7-16(14)17/h2-9,14H,10-12H2,1H3. The van der Waals surface area contributed by atoms with Crippen LogP contribution in [0, 0.1) is 0 Å². The molecule has 1 aliphatic rings. The highest BCUT2D eigenvalue weighted by molar-refractivity contribution is 9.10. The summed E-state index contributed by atoms with van der Waals surface area (Å²) in [4.78, 5) is 3.89. The van der Waals surface area contributed by atoms with Crippen LogP contribution in [0.2, 0.25) is 0 Å². The summed E-state index contributed by atoms with van der Waals surface area (Å²) in [6.07, 6.45) is 0. The van der Waals surface area contributed by atoms with Gasteiger partial charge in [-0.3, -0.25) is 0 Å². The largest absolute Gasteiger partial charge is 0.301 e. The molecular formula is C17H18BrNS. The molecule has 2 aromatic carbocycles. The number of thioether (sulfide) groups is 1. The average molecular weight is 348 g/mol. The van der Waals surface area contributed by atoms with Gasteiger partial charge in [-0.2, -0.15) is 0 Å². The maximum Gasteiger partial charge on any atom is 0.0231 e. The number of rotatable bonds is 4. The Kier molecular flexibility index (Phi) is 4.49. The quantitative estimate of drug-likeness (QED) is 0.783. The van der Waals surface area contributed by atoms with Crippen LogP contribution in [0.4, 0.5) is 0 Å². The fraction of sp³-hybridized carbons (Fsp3) is 0.294. The van der Waals surface area contributed by atoms with Gasteiger partial charge in [0.25, 0.3) is 0 Å². The van der Waals surface area contributed by atoms with E-state index in [9.17, 15) is 0 Å². The van der Waals surface area contributed by atoms with Crippen LogP contribution in [0.15, 0.2) is 57.9 Å². The highest BCUT2D eigenvalue weighted by atomic mass is 79.9. The summed E-state index contributed by atoms with van der Waals surface area (Å²) >= 11 is 5.53. The Morgan fingerprint density at radius 2 is 2.05 bits per heavy atom. The molecule has 0 aliphatic carbocycles. The van der Waals surface area contributed by atoms with E-state index in [1.54, 1.807) is 0 Å². The molecule has 1 atom stereocenters. The molecule has 3 heteroatoms. The molecule has 0 spiro atoms. The van der Waals surface area contributed by atoms with Crippen LogP contribution >= 0.6 is 27.7 Å². The van der Waals surface area contributed by atoms with Gasteiger partial charge in [0.05, 0.1) is 0 Å². The third-order valence-electron chi connectivity index (χ3n) is 3.67. The molecule has 0 saturated carbocycles. The number of benzene rings is 2. The molecule has 104 valence electrons. The molecule has 1 unspecified atom stereocenters. The van der Waals surface area contributed by atoms with Gasteiger partial charge in [-0.1, -0.05) is 46.3 Å². The number of fused-ring (bicyclic) bond motifs is 1. The molecule has 1 aliphatic heterocycles. The van der Waals surface area contributed by atoms with Gasteiger partial charge in [-0.25, -0.2) is 0 Å². The minimum Gasteiger partial charge on any atom is -0.301 e. The molecule has 3 rings (SSSR count). The molecule has 0 bridgehead atoms. The van der Waals surface area contributed by atoms with E-state index in [1.807, 2.05) is 11.8 Å². The molecule has 1 heterocycles. The Balaban J connectivity index is 1.64. The summed E-state index contributed by atoms with van der Waals surface area (Å²) in [5, 5.41) is 0. The first-order chi connectivity index (χ1) is 9.72. The minimum absolute atomic E-state index is 0.661. The second-order valence-electron chi connectivity index (χ2n) is 5.37. The number of likely N-dealkylation sites (N-methyl/N-ethyl adjacent to an activating group) is 1. The van der Waals surface area contributed by atoms with E-state index in [0.717, 1.165) is 17.6 Å². The van der Waals surface area contributed by atoms with Crippen LogP contribution in [0.3, 0.4) is 0 Å². The monoisotopic (exact) mass is 347 g/mol. The van der Waals surface area contributed by atoms with Crippen LogP contribution in [-0.2, 0) is 6.54 Å². The highest BCUT2D eigenvalue weighted by Gasteiger charge is 2.23. The Bertz CT molecular complexity index is 599. The van der Waals surface area contributed by atoms with Crippen molar-refractivity contribution in [1.82, 2.24) is 4.90 Å². The number of nitrogens with zero attached hydrogens (tertiary/aromatic N) is 1. The maximum absolute atomic E-state index is 3.54. The van der Waals surface area contributed by atoms with Gasteiger partial charge in [0, 0.05) is 34.1 Å². The molecule has 0 N–H and O–H groups in total. The first kappa shape index (κ1) is 14.2. The first-order valence-corrected chi connectivity index (χ1v) is 8.65. The van der Waals surface area contributed by atoms with Crippen molar-refractivity contribution in [3.8, 4) is 0 Å². The smallest absolute Gasteiger partial charge is 0.0231 e. The van der Waals surface area contributed by atoms with E-state index in [4.69, 9.17) is 0 Å². The zero-order chi connectivity index (χ0) is 13.9. The fourth-order valence-corrected chi connectivity index (χ4v) is 4.46. The van der Waals surface area contributed by atoms with Gasteiger partial charge < -0.3 is 4.90 Å². The van der Waals surface area contributed by atoms with Gasteiger partial charge in [0.15, 0.2) is 0 Å².